The Bertz CT molecular complexity index is 1480. The fourth-order valence-corrected chi connectivity index (χ4v) is 4.86. The monoisotopic (exact) mass is 626 g/mol. The molecule has 17 heteroatoms. The number of ether oxygens (including phenoxy) is 4. The second kappa shape index (κ2) is 12.3. The highest BCUT2D eigenvalue weighted by molar-refractivity contribution is 5.77. The first-order valence-electron chi connectivity index (χ1n) is 13.2. The van der Waals surface area contributed by atoms with Gasteiger partial charge in [-0.15, -0.1) is 0 Å². The largest absolute Gasteiger partial charge is 0.504 e. The Kier molecular flexibility index (Phi) is 8.87. The minimum atomic E-state index is -1.88. The van der Waals surface area contributed by atoms with Crippen molar-refractivity contribution >= 4 is 0 Å². The maximum atomic E-state index is 12.6. The maximum Gasteiger partial charge on any atom is 0.229 e. The summed E-state index contributed by atoms with van der Waals surface area (Å²) >= 11 is 0. The first-order valence-corrected chi connectivity index (χ1v) is 13.2. The number of aromatic hydroxyl groups is 3. The van der Waals surface area contributed by atoms with Crippen LogP contribution in [0.2, 0.25) is 0 Å². The predicted molar refractivity (Wildman–Crippen MR) is 141 cm³/mol. The second-order valence-corrected chi connectivity index (χ2v) is 10.3. The molecule has 2 fully saturated rings. The van der Waals surface area contributed by atoms with Crippen molar-refractivity contribution < 1.29 is 79.5 Å². The van der Waals surface area contributed by atoms with E-state index in [1.165, 1.54) is 6.07 Å². The van der Waals surface area contributed by atoms with E-state index in [9.17, 15) is 61.0 Å². The number of fused-ring (bicyclic) bond motifs is 1. The molecule has 0 spiro atoms. The van der Waals surface area contributed by atoms with Gasteiger partial charge < -0.3 is 79.5 Å². The minimum absolute atomic E-state index is 0.0582. The van der Waals surface area contributed by atoms with Crippen molar-refractivity contribution in [1.29, 1.82) is 0 Å². The van der Waals surface area contributed by atoms with Gasteiger partial charge in [0.25, 0.3) is 0 Å². The first kappa shape index (κ1) is 31.7. The Hall–Kier alpha value is -3.75. The quantitative estimate of drug-likeness (QED) is 0.116. The molecule has 3 heterocycles. The molecule has 5 rings (SSSR count). The number of aliphatic hydroxyl groups excluding tert-OH is 8. The summed E-state index contributed by atoms with van der Waals surface area (Å²) in [5.74, 6) is -3.63. The Balaban J connectivity index is 1.63. The molecule has 11 N–H and O–H groups in total. The summed E-state index contributed by atoms with van der Waals surface area (Å²) in [6.45, 7) is -1.53. The third kappa shape index (κ3) is 5.73. The third-order valence-corrected chi connectivity index (χ3v) is 7.30. The van der Waals surface area contributed by atoms with Crippen LogP contribution in [0.15, 0.2) is 39.5 Å². The van der Waals surface area contributed by atoms with Crippen LogP contribution in [0, 0.1) is 0 Å². The van der Waals surface area contributed by atoms with Crippen LogP contribution < -0.4 is 14.9 Å². The molecule has 1 aromatic rings. The van der Waals surface area contributed by atoms with Crippen LogP contribution in [0.1, 0.15) is 0 Å². The summed E-state index contributed by atoms with van der Waals surface area (Å²) in [6, 6.07) is 5.07. The summed E-state index contributed by atoms with van der Waals surface area (Å²) in [4.78, 5) is 12.6. The number of hydrogen-bond donors (Lipinski definition) is 11. The molecule has 0 unspecified atom stereocenters. The van der Waals surface area contributed by atoms with Gasteiger partial charge in [-0.2, -0.15) is 0 Å². The average molecular weight is 627 g/mol. The van der Waals surface area contributed by atoms with Crippen molar-refractivity contribution in [1.82, 2.24) is 0 Å². The molecule has 2 saturated heterocycles. The Morgan fingerprint density at radius 3 is 1.64 bits per heavy atom. The van der Waals surface area contributed by atoms with Gasteiger partial charge in [-0.25, -0.2) is 0 Å². The molecule has 17 nitrogen and oxygen atoms in total. The normalized spacial score (nSPS) is 32.5. The molecule has 3 aliphatic heterocycles. The van der Waals surface area contributed by atoms with E-state index in [1.807, 2.05) is 0 Å². The van der Waals surface area contributed by atoms with Gasteiger partial charge in [0, 0.05) is 17.7 Å². The van der Waals surface area contributed by atoms with Gasteiger partial charge in [0.15, 0.2) is 34.2 Å². The molecule has 1 aliphatic carbocycles. The lowest BCUT2D eigenvalue weighted by molar-refractivity contribution is -0.277. The van der Waals surface area contributed by atoms with Crippen molar-refractivity contribution in [2.75, 3.05) is 13.2 Å². The van der Waals surface area contributed by atoms with Gasteiger partial charge in [-0.05, 0) is 18.2 Å². The molecule has 10 atom stereocenters. The Labute approximate surface area is 246 Å². The lowest BCUT2D eigenvalue weighted by Crippen LogP contribution is -2.60. The molecule has 4 aliphatic rings. The van der Waals surface area contributed by atoms with E-state index in [-0.39, 0.29) is 34.1 Å². The lowest BCUT2D eigenvalue weighted by atomic mass is 9.99. The number of benzene rings is 2. The zero-order chi connectivity index (χ0) is 32.0. The number of phenolic OH excluding ortho intramolecular Hbond substituents is 3. The van der Waals surface area contributed by atoms with E-state index in [2.05, 4.69) is 0 Å². The van der Waals surface area contributed by atoms with Crippen LogP contribution in [0.3, 0.4) is 0 Å². The number of hydrogen-bond acceptors (Lipinski definition) is 17. The van der Waals surface area contributed by atoms with E-state index in [0.29, 0.717) is 0 Å². The summed E-state index contributed by atoms with van der Waals surface area (Å²) < 4.78 is 28.1. The van der Waals surface area contributed by atoms with Gasteiger partial charge in [-0.1, -0.05) is 0 Å². The Morgan fingerprint density at radius 1 is 0.636 bits per heavy atom. The van der Waals surface area contributed by atoms with Gasteiger partial charge in [-0.3, -0.25) is 4.79 Å². The second-order valence-electron chi connectivity index (χ2n) is 10.3. The molecule has 0 radical (unpaired) electrons. The van der Waals surface area contributed by atoms with Crippen LogP contribution in [-0.2, 0) is 9.47 Å². The molecular weight excluding hydrogens is 596 g/mol. The van der Waals surface area contributed by atoms with Crippen LogP contribution >= 0.6 is 0 Å². The molecule has 0 aromatic heterocycles. The Morgan fingerprint density at radius 2 is 1.14 bits per heavy atom. The molecule has 1 aromatic carbocycles. The van der Waals surface area contributed by atoms with Crippen molar-refractivity contribution in [2.24, 2.45) is 0 Å². The topological polar surface area (TPSA) is 290 Å². The summed E-state index contributed by atoms with van der Waals surface area (Å²) in [5.41, 5.74) is -0.880. The zero-order valence-electron chi connectivity index (χ0n) is 22.4. The fraction of sp³-hybridized carbons (Fsp3) is 0.444. The van der Waals surface area contributed by atoms with E-state index < -0.39 is 97.3 Å². The van der Waals surface area contributed by atoms with E-state index in [4.69, 9.17) is 23.4 Å². The van der Waals surface area contributed by atoms with Crippen LogP contribution in [0.5, 0.6) is 28.7 Å². The summed E-state index contributed by atoms with van der Waals surface area (Å²) in [6.07, 6.45) is -16.9. The number of aliphatic hydroxyl groups is 8. The number of phenols is 3. The highest BCUT2D eigenvalue weighted by Gasteiger charge is 2.46. The molecule has 0 bridgehead atoms. The van der Waals surface area contributed by atoms with Crippen LogP contribution in [-0.4, -0.2) is 131 Å². The van der Waals surface area contributed by atoms with E-state index >= 15 is 0 Å². The lowest BCUT2D eigenvalue weighted by Gasteiger charge is -2.40. The SMILES string of the molecule is O=c1cc2oc(-c3cc(O)c(O)c(O)c3)c(O[C@@H]3O[C@H](CO)[C@@H](O)[C@H](O)[C@H]3O)cc-2c(O[C@@H]2O[C@H](CO)[C@@H](O)[C@H](O)[C@H]2O)c1. The summed E-state index contributed by atoms with van der Waals surface area (Å²) in [5, 5.41) is 111. The molecule has 0 amide bonds. The zero-order valence-corrected chi connectivity index (χ0v) is 22.4. The summed E-state index contributed by atoms with van der Waals surface area (Å²) in [7, 11) is 0. The van der Waals surface area contributed by atoms with Crippen molar-refractivity contribution in [3.8, 4) is 51.4 Å². The van der Waals surface area contributed by atoms with Crippen molar-refractivity contribution in [3.63, 3.8) is 0 Å². The van der Waals surface area contributed by atoms with E-state index in [0.717, 1.165) is 24.3 Å². The standard InChI is InChI=1S/C27H30O17/c28-6-16-19(34)21(36)23(38)26(43-16)41-14-4-9(30)3-13-10(14)5-15(25(40-13)8-1-11(31)18(33)12(32)2-8)42-27-24(39)22(37)20(35)17(7-29)44-27/h1-5,16-17,19-24,26-29,31-39H,6-7H2/t16-,17-,19-,20-,21+,22+,23-,24-,26-,27-/m1/s1. The average Bonchev–Trinajstić information content (AvgIpc) is 2.99. The fourth-order valence-electron chi connectivity index (χ4n) is 4.86. The molecular formula is C27H30O17. The third-order valence-electron chi connectivity index (χ3n) is 7.30. The smallest absolute Gasteiger partial charge is 0.229 e. The first-order chi connectivity index (χ1) is 20.8. The van der Waals surface area contributed by atoms with Gasteiger partial charge in [0.1, 0.15) is 60.3 Å². The number of rotatable bonds is 7. The molecule has 240 valence electrons. The highest BCUT2D eigenvalue weighted by Crippen LogP contribution is 2.46. The highest BCUT2D eigenvalue weighted by atomic mass is 16.7. The maximum absolute atomic E-state index is 12.6. The van der Waals surface area contributed by atoms with Crippen molar-refractivity contribution in [3.05, 3.63) is 40.6 Å². The van der Waals surface area contributed by atoms with E-state index in [1.54, 1.807) is 0 Å². The van der Waals surface area contributed by atoms with Crippen molar-refractivity contribution in [2.45, 2.75) is 61.4 Å². The van der Waals surface area contributed by atoms with Gasteiger partial charge in [0.2, 0.25) is 12.6 Å². The minimum Gasteiger partial charge on any atom is -0.504 e. The predicted octanol–water partition coefficient (Wildman–Crippen LogP) is -3.11. The molecule has 44 heavy (non-hydrogen) atoms. The van der Waals surface area contributed by atoms with Crippen LogP contribution in [0.4, 0.5) is 0 Å². The van der Waals surface area contributed by atoms with Crippen LogP contribution in [0.25, 0.3) is 22.6 Å². The molecule has 0 saturated carbocycles. The van der Waals surface area contributed by atoms with Gasteiger partial charge in [0.05, 0.1) is 18.8 Å². The van der Waals surface area contributed by atoms with Gasteiger partial charge >= 0.3 is 0 Å².